The number of ether oxygens (including phenoxy) is 2. The van der Waals surface area contributed by atoms with E-state index in [1.54, 1.807) is 0 Å². The summed E-state index contributed by atoms with van der Waals surface area (Å²) in [6.07, 6.45) is 3.46. The Kier molecular flexibility index (Phi) is 4.04. The number of nitrogens with zero attached hydrogens (tertiary/aromatic N) is 2. The van der Waals surface area contributed by atoms with Gasteiger partial charge in [-0.3, -0.25) is 0 Å². The minimum absolute atomic E-state index is 0.0872. The van der Waals surface area contributed by atoms with E-state index in [9.17, 15) is 4.79 Å². The van der Waals surface area contributed by atoms with Gasteiger partial charge in [0, 0.05) is 18.5 Å². The van der Waals surface area contributed by atoms with Gasteiger partial charge in [0.25, 0.3) is 0 Å². The molecule has 0 saturated carbocycles. The van der Waals surface area contributed by atoms with Crippen molar-refractivity contribution in [3.63, 3.8) is 0 Å². The molecule has 7 heteroatoms. The molecule has 22 heavy (non-hydrogen) atoms. The van der Waals surface area contributed by atoms with Crippen molar-refractivity contribution < 1.29 is 19.4 Å². The van der Waals surface area contributed by atoms with Crippen LogP contribution in [0.4, 0.5) is 5.82 Å². The number of para-hydroxylation sites is 1. The van der Waals surface area contributed by atoms with Crippen molar-refractivity contribution in [2.24, 2.45) is 0 Å². The third-order valence-corrected chi connectivity index (χ3v) is 3.18. The monoisotopic (exact) mass is 301 g/mol. The zero-order chi connectivity index (χ0) is 15.4. The summed E-state index contributed by atoms with van der Waals surface area (Å²) in [5.41, 5.74) is 0.861. The topological polar surface area (TPSA) is 93.6 Å². The van der Waals surface area contributed by atoms with E-state index in [-0.39, 0.29) is 5.69 Å². The number of carboxylic acid groups (broad SMARTS) is 1. The average molecular weight is 301 g/mol. The normalized spacial score (nSPS) is 13.3. The number of carboxylic acids is 1. The number of anilines is 1. The standard InChI is InChI=1S/C15H15N3O4/c19-15(20)11-8-18-13(9-16-11)17-7-10-3-1-4-12-14(10)22-6-2-5-21-12/h1,3-4,8-9H,2,5-7H2,(H,17,18)(H,19,20). The highest BCUT2D eigenvalue weighted by Gasteiger charge is 2.14. The highest BCUT2D eigenvalue weighted by Crippen LogP contribution is 2.33. The lowest BCUT2D eigenvalue weighted by Gasteiger charge is -2.13. The van der Waals surface area contributed by atoms with Gasteiger partial charge in [-0.15, -0.1) is 0 Å². The molecule has 0 radical (unpaired) electrons. The Hall–Kier alpha value is -2.83. The quantitative estimate of drug-likeness (QED) is 0.891. The predicted octanol–water partition coefficient (Wildman–Crippen LogP) is 1.95. The molecule has 2 heterocycles. The van der Waals surface area contributed by atoms with Crippen molar-refractivity contribution in [2.75, 3.05) is 18.5 Å². The Morgan fingerprint density at radius 3 is 2.86 bits per heavy atom. The SMILES string of the molecule is O=C(O)c1cnc(NCc2cccc3c2OCCCO3)cn1. The summed E-state index contributed by atoms with van der Waals surface area (Å²) < 4.78 is 11.4. The second kappa shape index (κ2) is 6.30. The molecule has 2 N–H and O–H groups in total. The van der Waals surface area contributed by atoms with Gasteiger partial charge in [-0.1, -0.05) is 12.1 Å². The van der Waals surface area contributed by atoms with E-state index in [1.807, 2.05) is 18.2 Å². The van der Waals surface area contributed by atoms with Crippen LogP contribution in [0.25, 0.3) is 0 Å². The van der Waals surface area contributed by atoms with Crippen LogP contribution in [0.2, 0.25) is 0 Å². The zero-order valence-electron chi connectivity index (χ0n) is 11.8. The van der Waals surface area contributed by atoms with Crippen LogP contribution in [0.3, 0.4) is 0 Å². The van der Waals surface area contributed by atoms with E-state index in [0.29, 0.717) is 25.6 Å². The summed E-state index contributed by atoms with van der Waals surface area (Å²) >= 11 is 0. The highest BCUT2D eigenvalue weighted by molar-refractivity contribution is 5.84. The van der Waals surface area contributed by atoms with Gasteiger partial charge in [0.2, 0.25) is 0 Å². The molecule has 0 aliphatic carbocycles. The molecule has 3 rings (SSSR count). The lowest BCUT2D eigenvalue weighted by Crippen LogP contribution is -2.07. The maximum absolute atomic E-state index is 10.7. The summed E-state index contributed by atoms with van der Waals surface area (Å²) in [4.78, 5) is 18.6. The molecule has 114 valence electrons. The van der Waals surface area contributed by atoms with Gasteiger partial charge in [0.1, 0.15) is 5.82 Å². The second-order valence-corrected chi connectivity index (χ2v) is 4.74. The molecule has 2 aromatic rings. The predicted molar refractivity (Wildman–Crippen MR) is 78.4 cm³/mol. The summed E-state index contributed by atoms with van der Waals surface area (Å²) in [5, 5.41) is 11.9. The number of hydrogen-bond acceptors (Lipinski definition) is 6. The maximum Gasteiger partial charge on any atom is 0.356 e. The van der Waals surface area contributed by atoms with Gasteiger partial charge in [0.15, 0.2) is 17.2 Å². The number of nitrogens with one attached hydrogen (secondary N) is 1. The first-order valence-corrected chi connectivity index (χ1v) is 6.91. The molecule has 0 saturated heterocycles. The second-order valence-electron chi connectivity index (χ2n) is 4.74. The number of hydrogen-bond donors (Lipinski definition) is 2. The highest BCUT2D eigenvalue weighted by atomic mass is 16.5. The Morgan fingerprint density at radius 1 is 1.23 bits per heavy atom. The summed E-state index contributed by atoms with van der Waals surface area (Å²) in [7, 11) is 0. The maximum atomic E-state index is 10.7. The minimum atomic E-state index is -1.10. The van der Waals surface area contributed by atoms with Crippen molar-refractivity contribution >= 4 is 11.8 Å². The van der Waals surface area contributed by atoms with Crippen LogP contribution in [-0.4, -0.2) is 34.3 Å². The van der Waals surface area contributed by atoms with E-state index in [1.165, 1.54) is 12.4 Å². The van der Waals surface area contributed by atoms with E-state index >= 15 is 0 Å². The Balaban J connectivity index is 1.72. The minimum Gasteiger partial charge on any atom is -0.490 e. The van der Waals surface area contributed by atoms with E-state index in [2.05, 4.69) is 15.3 Å². The summed E-state index contributed by atoms with van der Waals surface area (Å²) in [5.74, 6) is 0.877. The number of rotatable bonds is 4. The Bertz CT molecular complexity index is 673. The van der Waals surface area contributed by atoms with Gasteiger partial charge in [-0.05, 0) is 6.07 Å². The molecule has 0 atom stereocenters. The fraction of sp³-hybridized carbons (Fsp3) is 0.267. The van der Waals surface area contributed by atoms with Crippen LogP contribution in [0.1, 0.15) is 22.5 Å². The first kappa shape index (κ1) is 14.1. The molecule has 0 spiro atoms. The number of benzene rings is 1. The van der Waals surface area contributed by atoms with Crippen molar-refractivity contribution in [2.45, 2.75) is 13.0 Å². The van der Waals surface area contributed by atoms with Crippen LogP contribution in [-0.2, 0) is 6.54 Å². The molecule has 1 aliphatic heterocycles. The number of fused-ring (bicyclic) bond motifs is 1. The molecule has 1 aromatic heterocycles. The summed E-state index contributed by atoms with van der Waals surface area (Å²) in [6, 6.07) is 5.73. The summed E-state index contributed by atoms with van der Waals surface area (Å²) in [6.45, 7) is 1.75. The average Bonchev–Trinajstić information content (AvgIpc) is 2.79. The molecule has 0 bridgehead atoms. The van der Waals surface area contributed by atoms with Crippen molar-refractivity contribution in [3.05, 3.63) is 41.9 Å². The molecule has 1 aromatic carbocycles. The van der Waals surface area contributed by atoms with Gasteiger partial charge < -0.3 is 19.9 Å². The lowest BCUT2D eigenvalue weighted by molar-refractivity contribution is 0.0690. The van der Waals surface area contributed by atoms with Crippen LogP contribution in [0.15, 0.2) is 30.6 Å². The molecular weight excluding hydrogens is 286 g/mol. The fourth-order valence-electron chi connectivity index (χ4n) is 2.11. The van der Waals surface area contributed by atoms with Gasteiger partial charge in [-0.2, -0.15) is 0 Å². The first-order valence-electron chi connectivity index (χ1n) is 6.91. The molecule has 1 aliphatic rings. The van der Waals surface area contributed by atoms with Crippen LogP contribution >= 0.6 is 0 Å². The third-order valence-electron chi connectivity index (χ3n) is 3.18. The van der Waals surface area contributed by atoms with Crippen LogP contribution < -0.4 is 14.8 Å². The van der Waals surface area contributed by atoms with Gasteiger partial charge in [0.05, 0.1) is 25.6 Å². The van der Waals surface area contributed by atoms with Crippen molar-refractivity contribution in [1.82, 2.24) is 9.97 Å². The molecule has 7 nitrogen and oxygen atoms in total. The molecule has 0 unspecified atom stereocenters. The van der Waals surface area contributed by atoms with E-state index in [0.717, 1.165) is 23.5 Å². The van der Waals surface area contributed by atoms with E-state index in [4.69, 9.17) is 14.6 Å². The Morgan fingerprint density at radius 2 is 2.09 bits per heavy atom. The van der Waals surface area contributed by atoms with Crippen molar-refractivity contribution in [1.29, 1.82) is 0 Å². The number of aromatic nitrogens is 2. The fourth-order valence-corrected chi connectivity index (χ4v) is 2.11. The van der Waals surface area contributed by atoms with Gasteiger partial charge in [-0.25, -0.2) is 14.8 Å². The number of carbonyl (C=O) groups is 1. The molecular formula is C15H15N3O4. The number of aromatic carboxylic acids is 1. The Labute approximate surface area is 126 Å². The van der Waals surface area contributed by atoms with E-state index < -0.39 is 5.97 Å². The molecule has 0 fully saturated rings. The van der Waals surface area contributed by atoms with Crippen LogP contribution in [0.5, 0.6) is 11.5 Å². The third kappa shape index (κ3) is 3.08. The van der Waals surface area contributed by atoms with Crippen molar-refractivity contribution in [3.8, 4) is 11.5 Å². The van der Waals surface area contributed by atoms with Gasteiger partial charge >= 0.3 is 5.97 Å². The zero-order valence-corrected chi connectivity index (χ0v) is 11.8. The first-order chi connectivity index (χ1) is 10.7. The molecule has 0 amide bonds. The lowest BCUT2D eigenvalue weighted by atomic mass is 10.2. The largest absolute Gasteiger partial charge is 0.490 e. The van der Waals surface area contributed by atoms with Crippen LogP contribution in [0, 0.1) is 0 Å². The smallest absolute Gasteiger partial charge is 0.356 e.